The van der Waals surface area contributed by atoms with Crippen molar-refractivity contribution in [2.24, 2.45) is 17.3 Å². The molecule has 2 aliphatic rings. The minimum Gasteiger partial charge on any atom is -0.454 e. The average Bonchev–Trinajstić information content (AvgIpc) is 2.74. The minimum atomic E-state index is -0.956. The van der Waals surface area contributed by atoms with Crippen LogP contribution in [0.3, 0.4) is 0 Å². The first-order valence-electron chi connectivity index (χ1n) is 9.94. The van der Waals surface area contributed by atoms with Crippen molar-refractivity contribution in [1.82, 2.24) is 15.5 Å². The summed E-state index contributed by atoms with van der Waals surface area (Å²) in [4.78, 5) is 50.2. The molecule has 0 aromatic rings. The Labute approximate surface area is 166 Å². The molecule has 158 valence electrons. The highest BCUT2D eigenvalue weighted by Crippen LogP contribution is 2.46. The zero-order valence-corrected chi connectivity index (χ0v) is 17.8. The van der Waals surface area contributed by atoms with Crippen LogP contribution in [0.2, 0.25) is 0 Å². The van der Waals surface area contributed by atoms with Gasteiger partial charge < -0.3 is 15.4 Å². The SMILES string of the molecule is CC(C)[C@H](C)NC(=O)COC(=O)CN1C(=O)N[C@@]2(C[C@H](C)CC(C)(C)C2)C1=O. The molecule has 2 rings (SSSR count). The smallest absolute Gasteiger partial charge is 0.326 e. The molecule has 1 aliphatic carbocycles. The molecule has 4 amide bonds. The highest BCUT2D eigenvalue weighted by Gasteiger charge is 2.56. The quantitative estimate of drug-likeness (QED) is 0.527. The second-order valence-electron chi connectivity index (χ2n) is 9.52. The second kappa shape index (κ2) is 8.09. The lowest BCUT2D eigenvalue weighted by Gasteiger charge is -2.43. The first kappa shape index (κ1) is 22.2. The normalized spacial score (nSPS) is 27.7. The summed E-state index contributed by atoms with van der Waals surface area (Å²) in [5.74, 6) is -1.04. The van der Waals surface area contributed by atoms with E-state index in [9.17, 15) is 19.2 Å². The lowest BCUT2D eigenvalue weighted by Crippen LogP contribution is -2.54. The summed E-state index contributed by atoms with van der Waals surface area (Å²) < 4.78 is 4.96. The summed E-state index contributed by atoms with van der Waals surface area (Å²) in [6.07, 6.45) is 2.07. The van der Waals surface area contributed by atoms with E-state index in [2.05, 4.69) is 31.4 Å². The van der Waals surface area contributed by atoms with Crippen molar-refractivity contribution < 1.29 is 23.9 Å². The lowest BCUT2D eigenvalue weighted by molar-refractivity contribution is -0.151. The van der Waals surface area contributed by atoms with Gasteiger partial charge in [-0.15, -0.1) is 0 Å². The van der Waals surface area contributed by atoms with Gasteiger partial charge in [-0.2, -0.15) is 0 Å². The summed E-state index contributed by atoms with van der Waals surface area (Å²) in [6.45, 7) is 11.1. The number of ether oxygens (including phenoxy) is 1. The maximum Gasteiger partial charge on any atom is 0.326 e. The number of imide groups is 1. The van der Waals surface area contributed by atoms with Gasteiger partial charge in [0.1, 0.15) is 12.1 Å². The fourth-order valence-electron chi connectivity index (χ4n) is 4.43. The molecule has 2 fully saturated rings. The van der Waals surface area contributed by atoms with Crippen LogP contribution in [-0.2, 0) is 19.1 Å². The van der Waals surface area contributed by atoms with Gasteiger partial charge in [0, 0.05) is 6.04 Å². The second-order valence-corrected chi connectivity index (χ2v) is 9.52. The first-order valence-corrected chi connectivity index (χ1v) is 9.94. The number of urea groups is 1. The maximum absolute atomic E-state index is 13.0. The number of amides is 4. The summed E-state index contributed by atoms with van der Waals surface area (Å²) in [5.41, 5.74) is -1.04. The van der Waals surface area contributed by atoms with Gasteiger partial charge in [-0.25, -0.2) is 4.79 Å². The van der Waals surface area contributed by atoms with Crippen molar-refractivity contribution in [3.63, 3.8) is 0 Å². The van der Waals surface area contributed by atoms with Crippen LogP contribution in [0.1, 0.15) is 60.8 Å². The van der Waals surface area contributed by atoms with Crippen LogP contribution in [0, 0.1) is 17.3 Å². The molecular weight excluding hydrogens is 362 g/mol. The molecule has 0 unspecified atom stereocenters. The molecule has 1 heterocycles. The van der Waals surface area contributed by atoms with Gasteiger partial charge >= 0.3 is 12.0 Å². The maximum atomic E-state index is 13.0. The molecule has 0 aromatic heterocycles. The van der Waals surface area contributed by atoms with E-state index in [-0.39, 0.29) is 29.2 Å². The lowest BCUT2D eigenvalue weighted by atomic mass is 9.64. The van der Waals surface area contributed by atoms with Gasteiger partial charge in [-0.05, 0) is 43.4 Å². The molecule has 1 saturated carbocycles. The third kappa shape index (κ3) is 5.02. The van der Waals surface area contributed by atoms with Crippen LogP contribution >= 0.6 is 0 Å². The molecule has 2 N–H and O–H groups in total. The molecule has 8 heteroatoms. The van der Waals surface area contributed by atoms with Crippen molar-refractivity contribution in [1.29, 1.82) is 0 Å². The molecule has 1 saturated heterocycles. The van der Waals surface area contributed by atoms with Crippen molar-refractivity contribution in [2.45, 2.75) is 72.4 Å². The van der Waals surface area contributed by atoms with Crippen LogP contribution < -0.4 is 10.6 Å². The number of hydrogen-bond donors (Lipinski definition) is 2. The van der Waals surface area contributed by atoms with Gasteiger partial charge in [-0.1, -0.05) is 34.6 Å². The summed E-state index contributed by atoms with van der Waals surface area (Å²) in [5, 5.41) is 5.54. The van der Waals surface area contributed by atoms with E-state index in [4.69, 9.17) is 4.74 Å². The van der Waals surface area contributed by atoms with Crippen molar-refractivity contribution >= 4 is 23.8 Å². The molecule has 3 atom stereocenters. The monoisotopic (exact) mass is 395 g/mol. The fourth-order valence-corrected chi connectivity index (χ4v) is 4.43. The number of nitrogens with one attached hydrogen (secondary N) is 2. The Hall–Kier alpha value is -2.12. The van der Waals surface area contributed by atoms with Crippen molar-refractivity contribution in [2.75, 3.05) is 13.2 Å². The summed E-state index contributed by atoms with van der Waals surface area (Å²) in [7, 11) is 0. The Morgan fingerprint density at radius 2 is 1.89 bits per heavy atom. The zero-order chi connectivity index (χ0) is 21.3. The number of hydrogen-bond acceptors (Lipinski definition) is 5. The third-order valence-corrected chi connectivity index (χ3v) is 5.66. The molecule has 0 bridgehead atoms. The predicted molar refractivity (Wildman–Crippen MR) is 103 cm³/mol. The fraction of sp³-hybridized carbons (Fsp3) is 0.800. The van der Waals surface area contributed by atoms with E-state index in [1.165, 1.54) is 0 Å². The Balaban J connectivity index is 1.94. The Kier molecular flexibility index (Phi) is 6.41. The number of rotatable bonds is 6. The Morgan fingerprint density at radius 1 is 1.25 bits per heavy atom. The number of esters is 1. The van der Waals surface area contributed by atoms with Gasteiger partial charge in [0.25, 0.3) is 11.8 Å². The van der Waals surface area contributed by atoms with E-state index in [0.717, 1.165) is 11.3 Å². The highest BCUT2D eigenvalue weighted by atomic mass is 16.5. The van der Waals surface area contributed by atoms with E-state index in [0.29, 0.717) is 12.8 Å². The van der Waals surface area contributed by atoms with E-state index in [1.807, 2.05) is 20.8 Å². The highest BCUT2D eigenvalue weighted by molar-refractivity contribution is 6.08. The largest absolute Gasteiger partial charge is 0.454 e. The van der Waals surface area contributed by atoms with Gasteiger partial charge in [0.05, 0.1) is 0 Å². The van der Waals surface area contributed by atoms with E-state index < -0.39 is 36.6 Å². The van der Waals surface area contributed by atoms with Crippen LogP contribution in [0.5, 0.6) is 0 Å². The summed E-state index contributed by atoms with van der Waals surface area (Å²) in [6, 6.07) is -0.627. The molecular formula is C20H33N3O5. The van der Waals surface area contributed by atoms with Crippen LogP contribution in [-0.4, -0.2) is 53.4 Å². The minimum absolute atomic E-state index is 0.0476. The molecule has 0 aromatic carbocycles. The van der Waals surface area contributed by atoms with E-state index in [1.54, 1.807) is 0 Å². The van der Waals surface area contributed by atoms with Crippen molar-refractivity contribution in [3.05, 3.63) is 0 Å². The van der Waals surface area contributed by atoms with Crippen LogP contribution in [0.4, 0.5) is 4.79 Å². The van der Waals surface area contributed by atoms with Crippen molar-refractivity contribution in [3.8, 4) is 0 Å². The predicted octanol–water partition coefficient (Wildman–Crippen LogP) is 1.83. The third-order valence-electron chi connectivity index (χ3n) is 5.66. The van der Waals surface area contributed by atoms with Gasteiger partial charge in [0.2, 0.25) is 0 Å². The van der Waals surface area contributed by atoms with E-state index >= 15 is 0 Å². The summed E-state index contributed by atoms with van der Waals surface area (Å²) >= 11 is 0. The van der Waals surface area contributed by atoms with Crippen LogP contribution in [0.15, 0.2) is 0 Å². The Morgan fingerprint density at radius 3 is 2.46 bits per heavy atom. The average molecular weight is 396 g/mol. The standard InChI is InChI=1S/C20H33N3O5/c1-12(2)14(4)21-15(24)10-28-16(25)9-23-17(26)20(22-18(23)27)8-13(3)7-19(5,6)11-20/h12-14H,7-11H2,1-6H3,(H,21,24)(H,22,27)/t13-,14+,20-/m1/s1. The topological polar surface area (TPSA) is 105 Å². The van der Waals surface area contributed by atoms with Crippen LogP contribution in [0.25, 0.3) is 0 Å². The Bertz CT molecular complexity index is 660. The first-order chi connectivity index (χ1) is 12.8. The van der Waals surface area contributed by atoms with Gasteiger partial charge in [-0.3, -0.25) is 19.3 Å². The number of nitrogens with zero attached hydrogens (tertiary/aromatic N) is 1. The zero-order valence-electron chi connectivity index (χ0n) is 17.8. The molecule has 28 heavy (non-hydrogen) atoms. The molecule has 0 radical (unpaired) electrons. The molecule has 8 nitrogen and oxygen atoms in total. The molecule has 1 aliphatic heterocycles. The number of carbonyl (C=O) groups is 4. The van der Waals surface area contributed by atoms with Gasteiger partial charge in [0.15, 0.2) is 6.61 Å². The molecule has 1 spiro atoms. The number of carbonyl (C=O) groups excluding carboxylic acids is 4.